The van der Waals surface area contributed by atoms with Crippen molar-refractivity contribution in [3.63, 3.8) is 0 Å². The zero-order chi connectivity index (χ0) is 10.6. The molecule has 0 spiro atoms. The largest absolute Gasteiger partial charge is 0.389 e. The maximum atomic E-state index is 9.39. The molecule has 1 nitrogen and oxygen atoms in total. The lowest BCUT2D eigenvalue weighted by atomic mass is 10.1. The molecule has 0 saturated heterocycles. The van der Waals surface area contributed by atoms with Gasteiger partial charge in [-0.1, -0.05) is 34.6 Å². The molecule has 0 aliphatic heterocycles. The van der Waals surface area contributed by atoms with Crippen molar-refractivity contribution in [3.8, 4) is 0 Å². The van der Waals surface area contributed by atoms with E-state index in [0.717, 1.165) is 20.7 Å². The van der Waals surface area contributed by atoms with Crippen LogP contribution in [0.5, 0.6) is 0 Å². The van der Waals surface area contributed by atoms with E-state index in [1.165, 1.54) is 0 Å². The normalized spacial score (nSPS) is 12.5. The smallest absolute Gasteiger partial charge is 0.0762 e. The monoisotopic (exact) mass is 272 g/mol. The highest BCUT2D eigenvalue weighted by Gasteiger charge is 2.01. The fraction of sp³-hybridized carbons (Fsp3) is 0.273. The SMILES string of the molecule is C=C(Br)CSc1cccc(C(C)O)c1. The van der Waals surface area contributed by atoms with Crippen LogP contribution in [0.3, 0.4) is 0 Å². The molecule has 1 aromatic carbocycles. The quantitative estimate of drug-likeness (QED) is 0.843. The van der Waals surface area contributed by atoms with E-state index < -0.39 is 6.10 Å². The topological polar surface area (TPSA) is 20.2 Å². The van der Waals surface area contributed by atoms with Crippen molar-refractivity contribution in [2.24, 2.45) is 0 Å². The van der Waals surface area contributed by atoms with Crippen molar-refractivity contribution in [3.05, 3.63) is 40.9 Å². The summed E-state index contributed by atoms with van der Waals surface area (Å²) >= 11 is 5.02. The summed E-state index contributed by atoms with van der Waals surface area (Å²) in [5.74, 6) is 0.850. The van der Waals surface area contributed by atoms with Crippen LogP contribution in [-0.2, 0) is 0 Å². The Bertz CT molecular complexity index is 323. The van der Waals surface area contributed by atoms with Gasteiger partial charge in [-0.3, -0.25) is 0 Å². The molecule has 0 aliphatic rings. The van der Waals surface area contributed by atoms with Gasteiger partial charge in [0.05, 0.1) is 6.10 Å². The number of thioether (sulfide) groups is 1. The minimum Gasteiger partial charge on any atom is -0.389 e. The zero-order valence-corrected chi connectivity index (χ0v) is 10.4. The standard InChI is InChI=1S/C11H13BrOS/c1-8(12)7-14-11-5-3-4-10(6-11)9(2)13/h3-6,9,13H,1,7H2,2H3. The van der Waals surface area contributed by atoms with E-state index in [9.17, 15) is 5.11 Å². The molecule has 0 fully saturated rings. The van der Waals surface area contributed by atoms with Crippen LogP contribution >= 0.6 is 27.7 Å². The summed E-state index contributed by atoms with van der Waals surface area (Å²) in [5, 5.41) is 9.39. The third kappa shape index (κ3) is 3.86. The third-order valence-electron chi connectivity index (χ3n) is 1.74. The highest BCUT2D eigenvalue weighted by atomic mass is 79.9. The van der Waals surface area contributed by atoms with Crippen LogP contribution in [0.15, 0.2) is 40.2 Å². The van der Waals surface area contributed by atoms with E-state index in [4.69, 9.17) is 0 Å². The van der Waals surface area contributed by atoms with Gasteiger partial charge in [-0.2, -0.15) is 0 Å². The molecule has 1 unspecified atom stereocenters. The number of hydrogen-bond donors (Lipinski definition) is 1. The highest BCUT2D eigenvalue weighted by molar-refractivity contribution is 9.11. The summed E-state index contributed by atoms with van der Waals surface area (Å²) < 4.78 is 0.977. The van der Waals surface area contributed by atoms with E-state index >= 15 is 0 Å². The second kappa shape index (κ2) is 5.59. The summed E-state index contributed by atoms with van der Waals surface area (Å²) in [6, 6.07) is 7.93. The van der Waals surface area contributed by atoms with Crippen molar-refractivity contribution < 1.29 is 5.11 Å². The van der Waals surface area contributed by atoms with Gasteiger partial charge in [-0.05, 0) is 29.1 Å². The first-order valence-corrected chi connectivity index (χ1v) is 6.11. The number of rotatable bonds is 4. The van der Waals surface area contributed by atoms with Gasteiger partial charge in [-0.25, -0.2) is 0 Å². The highest BCUT2D eigenvalue weighted by Crippen LogP contribution is 2.24. The minimum absolute atomic E-state index is 0.400. The van der Waals surface area contributed by atoms with Crippen LogP contribution in [0.4, 0.5) is 0 Å². The molecule has 1 N–H and O–H groups in total. The van der Waals surface area contributed by atoms with Gasteiger partial charge in [0.25, 0.3) is 0 Å². The number of aliphatic hydroxyl groups is 1. The maximum Gasteiger partial charge on any atom is 0.0762 e. The first-order valence-electron chi connectivity index (χ1n) is 4.33. The summed E-state index contributed by atoms with van der Waals surface area (Å²) in [6.07, 6.45) is -0.400. The number of aliphatic hydroxyl groups excluding tert-OH is 1. The Hall–Kier alpha value is -0.250. The van der Waals surface area contributed by atoms with Crippen molar-refractivity contribution in [1.29, 1.82) is 0 Å². The molecule has 0 amide bonds. The van der Waals surface area contributed by atoms with Crippen molar-refractivity contribution in [1.82, 2.24) is 0 Å². The van der Waals surface area contributed by atoms with Crippen molar-refractivity contribution >= 4 is 27.7 Å². The Labute approximate surface area is 97.4 Å². The Balaban J connectivity index is 2.68. The van der Waals surface area contributed by atoms with Crippen LogP contribution in [0.25, 0.3) is 0 Å². The maximum absolute atomic E-state index is 9.39. The molecule has 76 valence electrons. The summed E-state index contributed by atoms with van der Waals surface area (Å²) in [5.41, 5.74) is 0.954. The molecule has 3 heteroatoms. The summed E-state index contributed by atoms with van der Waals surface area (Å²) in [4.78, 5) is 1.16. The van der Waals surface area contributed by atoms with Crippen LogP contribution in [0.2, 0.25) is 0 Å². The van der Waals surface area contributed by atoms with Gasteiger partial charge >= 0.3 is 0 Å². The predicted molar refractivity (Wildman–Crippen MR) is 65.9 cm³/mol. The van der Waals surface area contributed by atoms with Crippen molar-refractivity contribution in [2.45, 2.75) is 17.9 Å². The lowest BCUT2D eigenvalue weighted by Crippen LogP contribution is -1.90. The third-order valence-corrected chi connectivity index (χ3v) is 3.47. The molecule has 0 radical (unpaired) electrons. The Morgan fingerprint density at radius 2 is 2.36 bits per heavy atom. The molecule has 0 bridgehead atoms. The van der Waals surface area contributed by atoms with Gasteiger partial charge < -0.3 is 5.11 Å². The molecule has 0 heterocycles. The molecule has 14 heavy (non-hydrogen) atoms. The van der Waals surface area contributed by atoms with Crippen LogP contribution in [0, 0.1) is 0 Å². The Morgan fingerprint density at radius 1 is 1.64 bits per heavy atom. The second-order valence-electron chi connectivity index (χ2n) is 3.05. The van der Waals surface area contributed by atoms with Gasteiger partial charge in [-0.15, -0.1) is 11.8 Å². The number of hydrogen-bond acceptors (Lipinski definition) is 2. The molecule has 1 atom stereocenters. The average Bonchev–Trinajstić information content (AvgIpc) is 2.15. The summed E-state index contributed by atoms with van der Waals surface area (Å²) in [7, 11) is 0. The lowest BCUT2D eigenvalue weighted by molar-refractivity contribution is 0.199. The van der Waals surface area contributed by atoms with E-state index in [-0.39, 0.29) is 0 Å². The molecule has 1 rings (SSSR count). The Morgan fingerprint density at radius 3 is 2.93 bits per heavy atom. The molecule has 0 saturated carbocycles. The molecule has 0 aromatic heterocycles. The fourth-order valence-corrected chi connectivity index (χ4v) is 2.09. The average molecular weight is 273 g/mol. The van der Waals surface area contributed by atoms with Gasteiger partial charge in [0.15, 0.2) is 0 Å². The van der Waals surface area contributed by atoms with Gasteiger partial charge in [0.1, 0.15) is 0 Å². The summed E-state index contributed by atoms with van der Waals surface area (Å²) in [6.45, 7) is 5.55. The van der Waals surface area contributed by atoms with Crippen LogP contribution in [0.1, 0.15) is 18.6 Å². The van der Waals surface area contributed by atoms with Gasteiger partial charge in [0.2, 0.25) is 0 Å². The van der Waals surface area contributed by atoms with E-state index in [1.807, 2.05) is 24.3 Å². The Kier molecular flexibility index (Phi) is 4.72. The molecular formula is C11H13BrOS. The molecule has 0 aliphatic carbocycles. The fourth-order valence-electron chi connectivity index (χ4n) is 1.03. The number of halogens is 1. The first kappa shape index (κ1) is 11.8. The van der Waals surface area contributed by atoms with Crippen LogP contribution < -0.4 is 0 Å². The van der Waals surface area contributed by atoms with Crippen molar-refractivity contribution in [2.75, 3.05) is 5.75 Å². The van der Waals surface area contributed by atoms with Crippen LogP contribution in [-0.4, -0.2) is 10.9 Å². The number of benzene rings is 1. The zero-order valence-electron chi connectivity index (χ0n) is 8.03. The predicted octanol–water partition coefficient (Wildman–Crippen LogP) is 3.74. The molecular weight excluding hydrogens is 260 g/mol. The van der Waals surface area contributed by atoms with E-state index in [0.29, 0.717) is 0 Å². The van der Waals surface area contributed by atoms with Gasteiger partial charge in [0, 0.05) is 10.6 Å². The lowest BCUT2D eigenvalue weighted by Gasteiger charge is -2.06. The molecule has 1 aromatic rings. The first-order chi connectivity index (χ1) is 6.59. The second-order valence-corrected chi connectivity index (χ2v) is 5.22. The van der Waals surface area contributed by atoms with E-state index in [2.05, 4.69) is 22.5 Å². The minimum atomic E-state index is -0.400. The van der Waals surface area contributed by atoms with E-state index in [1.54, 1.807) is 18.7 Å².